The number of rotatable bonds is 3. The van der Waals surface area contributed by atoms with E-state index in [1.54, 1.807) is 6.08 Å². The Labute approximate surface area is 103 Å². The van der Waals surface area contributed by atoms with Crippen LogP contribution in [0.5, 0.6) is 0 Å². The Bertz CT molecular complexity index is 482. The highest BCUT2D eigenvalue weighted by molar-refractivity contribution is 5.39. The van der Waals surface area contributed by atoms with Gasteiger partial charge in [0.2, 0.25) is 6.08 Å². The highest BCUT2D eigenvalue weighted by Crippen LogP contribution is 2.50. The van der Waals surface area contributed by atoms with E-state index in [9.17, 15) is 18.0 Å². The first kappa shape index (κ1) is 12.8. The van der Waals surface area contributed by atoms with Gasteiger partial charge in [-0.15, -0.1) is 0 Å². The zero-order valence-corrected chi connectivity index (χ0v) is 9.79. The Morgan fingerprint density at radius 1 is 1.28 bits per heavy atom. The van der Waals surface area contributed by atoms with E-state index in [-0.39, 0.29) is 5.92 Å². The third-order valence-electron chi connectivity index (χ3n) is 3.57. The van der Waals surface area contributed by atoms with Crippen molar-refractivity contribution in [2.75, 3.05) is 0 Å². The molecule has 1 aliphatic rings. The number of alkyl halides is 3. The fraction of sp³-hybridized carbons (Fsp3) is 0.462. The van der Waals surface area contributed by atoms with Gasteiger partial charge in [0.15, 0.2) is 0 Å². The SMILES string of the molecule is CC(c1ccc(C(F)(F)F)cc1)C1(N=C=O)CC1. The van der Waals surface area contributed by atoms with Crippen LogP contribution in [0.2, 0.25) is 0 Å². The highest BCUT2D eigenvalue weighted by atomic mass is 19.4. The molecule has 96 valence electrons. The molecule has 0 bridgehead atoms. The van der Waals surface area contributed by atoms with E-state index in [2.05, 4.69) is 4.99 Å². The van der Waals surface area contributed by atoms with Crippen LogP contribution in [0.3, 0.4) is 0 Å². The van der Waals surface area contributed by atoms with Crippen molar-refractivity contribution in [3.8, 4) is 0 Å². The molecule has 1 aromatic rings. The topological polar surface area (TPSA) is 29.4 Å². The Balaban J connectivity index is 2.23. The summed E-state index contributed by atoms with van der Waals surface area (Å²) in [5.74, 6) is -0.0683. The van der Waals surface area contributed by atoms with E-state index in [4.69, 9.17) is 0 Å². The molecule has 1 fully saturated rings. The Kier molecular flexibility index (Phi) is 3.03. The van der Waals surface area contributed by atoms with Gasteiger partial charge in [0.1, 0.15) is 0 Å². The predicted octanol–water partition coefficient (Wildman–Crippen LogP) is 3.68. The number of hydrogen-bond acceptors (Lipinski definition) is 2. The van der Waals surface area contributed by atoms with Crippen LogP contribution in [0.15, 0.2) is 29.3 Å². The summed E-state index contributed by atoms with van der Waals surface area (Å²) in [5, 5.41) is 0. The number of aliphatic imine (C=N–C) groups is 1. The van der Waals surface area contributed by atoms with Gasteiger partial charge in [-0.1, -0.05) is 19.1 Å². The minimum absolute atomic E-state index is 0.0683. The quantitative estimate of drug-likeness (QED) is 0.598. The summed E-state index contributed by atoms with van der Waals surface area (Å²) in [6, 6.07) is 5.03. The molecule has 0 saturated heterocycles. The second-order valence-electron chi connectivity index (χ2n) is 4.65. The zero-order valence-electron chi connectivity index (χ0n) is 9.79. The number of halogens is 3. The Morgan fingerprint density at radius 3 is 2.22 bits per heavy atom. The Hall–Kier alpha value is -1.61. The molecule has 1 saturated carbocycles. The van der Waals surface area contributed by atoms with E-state index in [1.807, 2.05) is 6.92 Å². The first-order chi connectivity index (χ1) is 8.39. The average molecular weight is 255 g/mol. The van der Waals surface area contributed by atoms with E-state index in [1.165, 1.54) is 12.1 Å². The molecule has 2 rings (SSSR count). The van der Waals surface area contributed by atoms with Gasteiger partial charge in [-0.05, 0) is 30.5 Å². The maximum atomic E-state index is 12.4. The summed E-state index contributed by atoms with van der Waals surface area (Å²) >= 11 is 0. The molecule has 1 atom stereocenters. The van der Waals surface area contributed by atoms with Gasteiger partial charge in [0.05, 0.1) is 11.1 Å². The molecule has 1 aromatic carbocycles. The molecule has 5 heteroatoms. The van der Waals surface area contributed by atoms with Crippen LogP contribution in [0.1, 0.15) is 36.8 Å². The Morgan fingerprint density at radius 2 is 1.83 bits per heavy atom. The minimum Gasteiger partial charge on any atom is -0.211 e. The standard InChI is InChI=1S/C13H12F3NO/c1-9(12(6-7-12)17-8-18)10-2-4-11(5-3-10)13(14,15)16/h2-5,9H,6-7H2,1H3. The van der Waals surface area contributed by atoms with E-state index >= 15 is 0 Å². The maximum absolute atomic E-state index is 12.4. The molecular weight excluding hydrogens is 243 g/mol. The van der Waals surface area contributed by atoms with Crippen LogP contribution in [0.25, 0.3) is 0 Å². The molecule has 1 aliphatic carbocycles. The second kappa shape index (κ2) is 4.25. The second-order valence-corrected chi connectivity index (χ2v) is 4.65. The van der Waals surface area contributed by atoms with Crippen LogP contribution >= 0.6 is 0 Å². The van der Waals surface area contributed by atoms with Gasteiger partial charge < -0.3 is 0 Å². The lowest BCUT2D eigenvalue weighted by molar-refractivity contribution is -0.137. The highest BCUT2D eigenvalue weighted by Gasteiger charge is 2.48. The lowest BCUT2D eigenvalue weighted by atomic mass is 9.91. The first-order valence-electron chi connectivity index (χ1n) is 5.65. The number of benzene rings is 1. The van der Waals surface area contributed by atoms with Crippen LogP contribution in [-0.2, 0) is 11.0 Å². The summed E-state index contributed by atoms with van der Waals surface area (Å²) in [5.41, 5.74) is -0.344. The van der Waals surface area contributed by atoms with Crippen molar-refractivity contribution in [3.63, 3.8) is 0 Å². The van der Waals surface area contributed by atoms with Crippen molar-refractivity contribution in [2.24, 2.45) is 4.99 Å². The molecule has 0 heterocycles. The third kappa shape index (κ3) is 2.31. The van der Waals surface area contributed by atoms with Gasteiger partial charge in [0, 0.05) is 5.92 Å². The minimum atomic E-state index is -4.32. The molecule has 0 amide bonds. The molecule has 0 radical (unpaired) electrons. The summed E-state index contributed by atoms with van der Waals surface area (Å²) in [7, 11) is 0. The molecule has 0 spiro atoms. The van der Waals surface area contributed by atoms with Gasteiger partial charge >= 0.3 is 6.18 Å². The first-order valence-corrected chi connectivity index (χ1v) is 5.65. The summed E-state index contributed by atoms with van der Waals surface area (Å²) in [6.07, 6.45) is -1.20. The largest absolute Gasteiger partial charge is 0.416 e. The fourth-order valence-electron chi connectivity index (χ4n) is 2.13. The maximum Gasteiger partial charge on any atom is 0.416 e. The molecule has 0 aliphatic heterocycles. The van der Waals surface area contributed by atoms with E-state index < -0.39 is 17.3 Å². The molecule has 0 aromatic heterocycles. The van der Waals surface area contributed by atoms with Crippen LogP contribution in [0, 0.1) is 0 Å². The van der Waals surface area contributed by atoms with Crippen LogP contribution < -0.4 is 0 Å². The van der Waals surface area contributed by atoms with Crippen LogP contribution in [-0.4, -0.2) is 11.6 Å². The average Bonchev–Trinajstić information content (AvgIpc) is 3.09. The zero-order chi connectivity index (χ0) is 13.4. The number of nitrogens with zero attached hydrogens (tertiary/aromatic N) is 1. The van der Waals surface area contributed by atoms with Crippen molar-refractivity contribution >= 4 is 6.08 Å². The monoisotopic (exact) mass is 255 g/mol. The predicted molar refractivity (Wildman–Crippen MR) is 59.9 cm³/mol. The van der Waals surface area contributed by atoms with Crippen molar-refractivity contribution in [1.29, 1.82) is 0 Å². The lowest BCUT2D eigenvalue weighted by Crippen LogP contribution is -2.15. The molecule has 2 nitrogen and oxygen atoms in total. The summed E-state index contributed by atoms with van der Waals surface area (Å²) < 4.78 is 37.3. The summed E-state index contributed by atoms with van der Waals surface area (Å²) in [6.45, 7) is 1.87. The van der Waals surface area contributed by atoms with E-state index in [0.29, 0.717) is 0 Å². The number of carbonyl (C=O) groups excluding carboxylic acids is 1. The number of hydrogen-bond donors (Lipinski definition) is 0. The van der Waals surface area contributed by atoms with E-state index in [0.717, 1.165) is 30.5 Å². The van der Waals surface area contributed by atoms with Crippen molar-refractivity contribution in [2.45, 2.75) is 37.4 Å². The normalized spacial score (nSPS) is 18.9. The smallest absolute Gasteiger partial charge is 0.211 e. The fourth-order valence-corrected chi connectivity index (χ4v) is 2.13. The van der Waals surface area contributed by atoms with Crippen molar-refractivity contribution < 1.29 is 18.0 Å². The lowest BCUT2D eigenvalue weighted by Gasteiger charge is -2.18. The molecule has 0 N–H and O–H groups in total. The molecule has 1 unspecified atom stereocenters. The third-order valence-corrected chi connectivity index (χ3v) is 3.57. The van der Waals surface area contributed by atoms with Gasteiger partial charge in [-0.25, -0.2) is 4.79 Å². The molecule has 18 heavy (non-hydrogen) atoms. The van der Waals surface area contributed by atoms with Crippen molar-refractivity contribution in [1.82, 2.24) is 0 Å². The van der Waals surface area contributed by atoms with Gasteiger partial charge in [0.25, 0.3) is 0 Å². The van der Waals surface area contributed by atoms with Crippen molar-refractivity contribution in [3.05, 3.63) is 35.4 Å². The number of isocyanates is 1. The summed E-state index contributed by atoms with van der Waals surface area (Å²) in [4.78, 5) is 14.1. The molecular formula is C13H12F3NO. The van der Waals surface area contributed by atoms with Gasteiger partial charge in [-0.3, -0.25) is 0 Å². The van der Waals surface area contributed by atoms with Gasteiger partial charge in [-0.2, -0.15) is 18.2 Å². The van der Waals surface area contributed by atoms with Crippen LogP contribution in [0.4, 0.5) is 13.2 Å².